The second-order valence-electron chi connectivity index (χ2n) is 6.72. The molecule has 0 spiro atoms. The Morgan fingerprint density at radius 1 is 1.42 bits per heavy atom. The Morgan fingerprint density at radius 3 is 3.03 bits per heavy atom. The van der Waals surface area contributed by atoms with Gasteiger partial charge in [-0.15, -0.1) is 11.3 Å². The lowest BCUT2D eigenvalue weighted by molar-refractivity contribution is -0.111. The van der Waals surface area contributed by atoms with Crippen molar-refractivity contribution in [2.45, 2.75) is 19.9 Å². The Labute approximate surface area is 191 Å². The maximum Gasteiger partial charge on any atom is 0.410 e. The van der Waals surface area contributed by atoms with Gasteiger partial charge in [0.1, 0.15) is 11.1 Å². The fraction of sp³-hybridized carbons (Fsp3) is 0.286. The number of carbonyl (C=O) groups is 2. The van der Waals surface area contributed by atoms with Gasteiger partial charge in [0.15, 0.2) is 11.5 Å². The normalized spacial score (nSPS) is 14.3. The number of hydrogen-bond donors (Lipinski definition) is 1. The summed E-state index contributed by atoms with van der Waals surface area (Å²) in [4.78, 5) is 27.0. The van der Waals surface area contributed by atoms with Gasteiger partial charge in [-0.1, -0.05) is 0 Å². The van der Waals surface area contributed by atoms with Crippen LogP contribution in [0.3, 0.4) is 0 Å². The number of hydrogen-bond acceptors (Lipinski definition) is 7. The number of halogens is 1. The lowest BCUT2D eigenvalue weighted by Crippen LogP contribution is -2.35. The van der Waals surface area contributed by atoms with Crippen LogP contribution in [0.15, 0.2) is 22.7 Å². The molecule has 2 amide bonds. The number of anilines is 1. The quantitative estimate of drug-likeness (QED) is 0.624. The summed E-state index contributed by atoms with van der Waals surface area (Å²) >= 11 is 4.78. The molecule has 3 heterocycles. The first-order valence-electron chi connectivity index (χ1n) is 9.55. The molecule has 10 heteroatoms. The number of amides is 2. The maximum absolute atomic E-state index is 12.5. The van der Waals surface area contributed by atoms with Crippen molar-refractivity contribution in [2.24, 2.45) is 0 Å². The van der Waals surface area contributed by atoms with Crippen LogP contribution in [0.4, 0.5) is 9.80 Å². The standard InChI is InChI=1S/C21H18BrN3O5S/c1-2-28-21(27)25-8-7-13-14(9-23)20(31-16(13)10-25)24-17(26)6-4-12-3-5-15-19(18(12)22)30-11-29-15/h3-6H,2,7-8,10-11H2,1H3,(H,24,26). The summed E-state index contributed by atoms with van der Waals surface area (Å²) in [5.41, 5.74) is 2.09. The molecule has 0 bridgehead atoms. The Morgan fingerprint density at radius 2 is 2.26 bits per heavy atom. The molecule has 160 valence electrons. The van der Waals surface area contributed by atoms with Gasteiger partial charge in [0.25, 0.3) is 0 Å². The minimum atomic E-state index is -0.372. The van der Waals surface area contributed by atoms with Crippen LogP contribution in [0, 0.1) is 11.3 Å². The van der Waals surface area contributed by atoms with E-state index in [9.17, 15) is 14.9 Å². The predicted octanol–water partition coefficient (Wildman–Crippen LogP) is 4.28. The van der Waals surface area contributed by atoms with Crippen molar-refractivity contribution in [3.8, 4) is 17.6 Å². The molecule has 0 aliphatic carbocycles. The molecule has 1 aromatic carbocycles. The minimum Gasteiger partial charge on any atom is -0.454 e. The SMILES string of the molecule is CCOC(=O)N1CCc2c(sc(NC(=O)C=Cc3ccc4c(c3Br)OCO4)c2C#N)C1. The van der Waals surface area contributed by atoms with Gasteiger partial charge in [-0.2, -0.15) is 5.26 Å². The zero-order chi connectivity index (χ0) is 22.0. The molecule has 31 heavy (non-hydrogen) atoms. The first-order chi connectivity index (χ1) is 15.0. The molecule has 0 fully saturated rings. The third kappa shape index (κ3) is 4.24. The highest BCUT2D eigenvalue weighted by molar-refractivity contribution is 9.10. The van der Waals surface area contributed by atoms with Crippen LogP contribution in [0.25, 0.3) is 6.08 Å². The molecule has 2 aliphatic rings. The van der Waals surface area contributed by atoms with Crippen molar-refractivity contribution >= 4 is 50.3 Å². The van der Waals surface area contributed by atoms with E-state index in [4.69, 9.17) is 14.2 Å². The summed E-state index contributed by atoms with van der Waals surface area (Å²) in [6.45, 7) is 3.07. The molecule has 0 saturated carbocycles. The fourth-order valence-electron chi connectivity index (χ4n) is 3.38. The zero-order valence-corrected chi connectivity index (χ0v) is 19.0. The predicted molar refractivity (Wildman–Crippen MR) is 118 cm³/mol. The molecule has 0 atom stereocenters. The van der Waals surface area contributed by atoms with Crippen molar-refractivity contribution in [3.63, 3.8) is 0 Å². The smallest absolute Gasteiger partial charge is 0.410 e. The number of ether oxygens (including phenoxy) is 3. The van der Waals surface area contributed by atoms with Crippen LogP contribution < -0.4 is 14.8 Å². The summed E-state index contributed by atoms with van der Waals surface area (Å²) in [7, 11) is 0. The van der Waals surface area contributed by atoms with E-state index in [1.807, 2.05) is 6.07 Å². The number of benzene rings is 1. The third-order valence-electron chi connectivity index (χ3n) is 4.85. The number of thiophene rings is 1. The van der Waals surface area contributed by atoms with Gasteiger partial charge < -0.3 is 24.4 Å². The van der Waals surface area contributed by atoms with Gasteiger partial charge in [0, 0.05) is 17.5 Å². The van der Waals surface area contributed by atoms with Gasteiger partial charge >= 0.3 is 6.09 Å². The number of rotatable bonds is 4. The lowest BCUT2D eigenvalue weighted by atomic mass is 10.0. The number of nitriles is 1. The molecule has 1 aromatic heterocycles. The van der Waals surface area contributed by atoms with Gasteiger partial charge in [-0.05, 0) is 58.6 Å². The monoisotopic (exact) mass is 503 g/mol. The highest BCUT2D eigenvalue weighted by Gasteiger charge is 2.28. The number of fused-ring (bicyclic) bond motifs is 2. The molecule has 0 saturated heterocycles. The average Bonchev–Trinajstić information content (AvgIpc) is 3.37. The molecule has 2 aliphatic heterocycles. The largest absolute Gasteiger partial charge is 0.454 e. The van der Waals surface area contributed by atoms with Gasteiger partial charge in [-0.25, -0.2) is 4.79 Å². The summed E-state index contributed by atoms with van der Waals surface area (Å²) in [5.74, 6) is 0.890. The van der Waals surface area contributed by atoms with E-state index in [0.29, 0.717) is 52.7 Å². The lowest BCUT2D eigenvalue weighted by Gasteiger charge is -2.25. The highest BCUT2D eigenvalue weighted by Crippen LogP contribution is 2.41. The molecule has 0 unspecified atom stereocenters. The van der Waals surface area contributed by atoms with E-state index in [1.165, 1.54) is 17.4 Å². The number of nitrogens with one attached hydrogen (secondary N) is 1. The van der Waals surface area contributed by atoms with Crippen LogP contribution in [0.2, 0.25) is 0 Å². The van der Waals surface area contributed by atoms with Gasteiger partial charge in [0.05, 0.1) is 23.2 Å². The molecule has 1 N–H and O–H groups in total. The Balaban J connectivity index is 1.49. The van der Waals surface area contributed by atoms with Crippen LogP contribution in [-0.2, 0) is 22.5 Å². The van der Waals surface area contributed by atoms with Gasteiger partial charge in [0.2, 0.25) is 12.7 Å². The van der Waals surface area contributed by atoms with E-state index in [0.717, 1.165) is 16.0 Å². The van der Waals surface area contributed by atoms with Crippen molar-refractivity contribution in [1.29, 1.82) is 5.26 Å². The van der Waals surface area contributed by atoms with Crippen LogP contribution >= 0.6 is 27.3 Å². The summed E-state index contributed by atoms with van der Waals surface area (Å²) in [6.07, 6.45) is 3.22. The average molecular weight is 504 g/mol. The van der Waals surface area contributed by atoms with E-state index in [-0.39, 0.29) is 18.8 Å². The Bertz CT molecular complexity index is 1120. The first kappa shape index (κ1) is 21.2. The van der Waals surface area contributed by atoms with E-state index < -0.39 is 0 Å². The topological polar surface area (TPSA) is 101 Å². The molecule has 0 radical (unpaired) electrons. The second-order valence-corrected chi connectivity index (χ2v) is 8.61. The van der Waals surface area contributed by atoms with E-state index in [1.54, 1.807) is 24.0 Å². The molecular formula is C21H18BrN3O5S. The molecule has 4 rings (SSSR count). The molecule has 8 nitrogen and oxygen atoms in total. The van der Waals surface area contributed by atoms with Crippen LogP contribution in [-0.4, -0.2) is 36.8 Å². The first-order valence-corrected chi connectivity index (χ1v) is 11.2. The fourth-order valence-corrected chi connectivity index (χ4v) is 5.17. The summed E-state index contributed by atoms with van der Waals surface area (Å²) in [6, 6.07) is 5.78. The molecule has 2 aromatic rings. The van der Waals surface area contributed by atoms with E-state index >= 15 is 0 Å². The Kier molecular flexibility index (Phi) is 6.15. The zero-order valence-electron chi connectivity index (χ0n) is 16.6. The van der Waals surface area contributed by atoms with E-state index in [2.05, 4.69) is 27.3 Å². The van der Waals surface area contributed by atoms with Crippen LogP contribution in [0.1, 0.15) is 28.5 Å². The van der Waals surface area contributed by atoms with Crippen molar-refractivity contribution in [3.05, 3.63) is 44.2 Å². The summed E-state index contributed by atoms with van der Waals surface area (Å²) in [5, 5.41) is 12.9. The third-order valence-corrected chi connectivity index (χ3v) is 6.80. The van der Waals surface area contributed by atoms with Crippen molar-refractivity contribution in [1.82, 2.24) is 4.90 Å². The minimum absolute atomic E-state index is 0.162. The molecular weight excluding hydrogens is 486 g/mol. The number of carbonyl (C=O) groups excluding carboxylic acids is 2. The number of nitrogens with zero attached hydrogens (tertiary/aromatic N) is 2. The summed E-state index contributed by atoms with van der Waals surface area (Å²) < 4.78 is 16.5. The van der Waals surface area contributed by atoms with Crippen molar-refractivity contribution < 1.29 is 23.8 Å². The Hall–Kier alpha value is -3.03. The van der Waals surface area contributed by atoms with Gasteiger partial charge in [-0.3, -0.25) is 4.79 Å². The maximum atomic E-state index is 12.5. The van der Waals surface area contributed by atoms with Crippen molar-refractivity contribution in [2.75, 3.05) is 25.3 Å². The van der Waals surface area contributed by atoms with Crippen LogP contribution in [0.5, 0.6) is 11.5 Å². The second kappa shape index (κ2) is 8.99. The highest BCUT2D eigenvalue weighted by atomic mass is 79.9.